The van der Waals surface area contributed by atoms with E-state index in [1.165, 1.54) is 18.2 Å². The number of rotatable bonds is 6. The second-order valence-corrected chi connectivity index (χ2v) is 4.77. The Balaban J connectivity index is 3.00. The number of benzene rings is 1. The summed E-state index contributed by atoms with van der Waals surface area (Å²) >= 11 is 0. The van der Waals surface area contributed by atoms with Crippen LogP contribution < -0.4 is 10.2 Å². The van der Waals surface area contributed by atoms with Gasteiger partial charge < -0.3 is 15.3 Å². The maximum atomic E-state index is 13.3. The van der Waals surface area contributed by atoms with Gasteiger partial charge in [-0.25, -0.2) is 9.18 Å². The summed E-state index contributed by atoms with van der Waals surface area (Å²) in [6.45, 7) is 2.21. The van der Waals surface area contributed by atoms with E-state index in [1.807, 2.05) is 0 Å². The van der Waals surface area contributed by atoms with E-state index in [2.05, 4.69) is 5.32 Å². The lowest BCUT2D eigenvalue weighted by Crippen LogP contribution is -2.34. The number of carboxylic acid groups (broad SMARTS) is 1. The highest BCUT2D eigenvalue weighted by Crippen LogP contribution is 2.23. The minimum absolute atomic E-state index is 0.0911. The fourth-order valence-electron chi connectivity index (χ4n) is 2.01. The summed E-state index contributed by atoms with van der Waals surface area (Å²) in [4.78, 5) is 23.9. The van der Waals surface area contributed by atoms with Gasteiger partial charge in [-0.15, -0.1) is 0 Å². The molecule has 0 saturated heterocycles. The van der Waals surface area contributed by atoms with Crippen LogP contribution in [-0.2, 0) is 9.59 Å². The van der Waals surface area contributed by atoms with Crippen molar-refractivity contribution < 1.29 is 19.1 Å². The SMILES string of the molecule is CNC(=O)C(C)CN(C)c1ccc(F)cc1/C=C/C(=O)O. The van der Waals surface area contributed by atoms with Gasteiger partial charge in [-0.2, -0.15) is 0 Å². The summed E-state index contributed by atoms with van der Waals surface area (Å²) in [5, 5.41) is 11.2. The number of hydrogen-bond acceptors (Lipinski definition) is 3. The van der Waals surface area contributed by atoms with Gasteiger partial charge in [0, 0.05) is 38.0 Å². The van der Waals surface area contributed by atoms with E-state index in [0.717, 1.165) is 6.08 Å². The third kappa shape index (κ3) is 4.91. The van der Waals surface area contributed by atoms with E-state index in [9.17, 15) is 14.0 Å². The van der Waals surface area contributed by atoms with E-state index in [1.54, 1.807) is 32.0 Å². The highest BCUT2D eigenvalue weighted by Gasteiger charge is 2.15. The molecule has 0 bridgehead atoms. The maximum Gasteiger partial charge on any atom is 0.328 e. The van der Waals surface area contributed by atoms with Crippen LogP contribution in [0.15, 0.2) is 24.3 Å². The summed E-state index contributed by atoms with van der Waals surface area (Å²) in [7, 11) is 3.34. The Kier molecular flexibility index (Phi) is 5.90. The first kappa shape index (κ1) is 16.7. The van der Waals surface area contributed by atoms with Crippen molar-refractivity contribution in [2.75, 3.05) is 25.5 Å². The number of hydrogen-bond donors (Lipinski definition) is 2. The van der Waals surface area contributed by atoms with Gasteiger partial charge in [0.2, 0.25) is 5.91 Å². The van der Waals surface area contributed by atoms with Crippen LogP contribution in [0.25, 0.3) is 6.08 Å². The highest BCUT2D eigenvalue weighted by molar-refractivity contribution is 5.87. The third-order valence-corrected chi connectivity index (χ3v) is 3.05. The summed E-state index contributed by atoms with van der Waals surface area (Å²) < 4.78 is 13.3. The number of nitrogens with zero attached hydrogens (tertiary/aromatic N) is 1. The predicted molar refractivity (Wildman–Crippen MR) is 79.6 cm³/mol. The Morgan fingerprint density at radius 1 is 1.48 bits per heavy atom. The van der Waals surface area contributed by atoms with Crippen molar-refractivity contribution in [2.24, 2.45) is 5.92 Å². The van der Waals surface area contributed by atoms with Crippen molar-refractivity contribution in [3.05, 3.63) is 35.7 Å². The number of nitrogens with one attached hydrogen (secondary N) is 1. The normalized spacial score (nSPS) is 12.2. The predicted octanol–water partition coefficient (Wildman–Crippen LogP) is 1.74. The molecular weight excluding hydrogens is 275 g/mol. The van der Waals surface area contributed by atoms with Crippen LogP contribution >= 0.6 is 0 Å². The van der Waals surface area contributed by atoms with E-state index in [-0.39, 0.29) is 11.8 Å². The van der Waals surface area contributed by atoms with Crippen molar-refractivity contribution >= 4 is 23.6 Å². The second-order valence-electron chi connectivity index (χ2n) is 4.77. The van der Waals surface area contributed by atoms with Gasteiger partial charge in [0.15, 0.2) is 0 Å². The number of carbonyl (C=O) groups excluding carboxylic acids is 1. The quantitative estimate of drug-likeness (QED) is 0.784. The Morgan fingerprint density at radius 2 is 2.14 bits per heavy atom. The molecule has 5 nitrogen and oxygen atoms in total. The Morgan fingerprint density at radius 3 is 2.71 bits per heavy atom. The zero-order valence-corrected chi connectivity index (χ0v) is 12.3. The fraction of sp³-hybridized carbons (Fsp3) is 0.333. The number of carboxylic acids is 1. The third-order valence-electron chi connectivity index (χ3n) is 3.05. The lowest BCUT2D eigenvalue weighted by atomic mass is 10.1. The molecule has 1 unspecified atom stereocenters. The average molecular weight is 294 g/mol. The van der Waals surface area contributed by atoms with Crippen molar-refractivity contribution in [3.63, 3.8) is 0 Å². The average Bonchev–Trinajstić information content (AvgIpc) is 2.43. The molecule has 0 aliphatic heterocycles. The molecule has 0 aliphatic rings. The van der Waals surface area contributed by atoms with Crippen LogP contribution in [0, 0.1) is 11.7 Å². The summed E-state index contributed by atoms with van der Waals surface area (Å²) in [6.07, 6.45) is 2.29. The topological polar surface area (TPSA) is 69.6 Å². The number of anilines is 1. The first-order valence-electron chi connectivity index (χ1n) is 6.48. The second kappa shape index (κ2) is 7.42. The molecule has 0 heterocycles. The van der Waals surface area contributed by atoms with E-state index in [4.69, 9.17) is 5.11 Å². The van der Waals surface area contributed by atoms with Crippen LogP contribution in [0.4, 0.5) is 10.1 Å². The largest absolute Gasteiger partial charge is 0.478 e. The van der Waals surface area contributed by atoms with E-state index < -0.39 is 11.8 Å². The molecule has 1 aromatic carbocycles. The number of halogens is 1. The molecule has 21 heavy (non-hydrogen) atoms. The number of carbonyl (C=O) groups is 2. The molecule has 0 saturated carbocycles. The first-order chi connectivity index (χ1) is 9.85. The van der Waals surface area contributed by atoms with Crippen molar-refractivity contribution in [3.8, 4) is 0 Å². The lowest BCUT2D eigenvalue weighted by Gasteiger charge is -2.24. The molecule has 114 valence electrons. The fourth-order valence-corrected chi connectivity index (χ4v) is 2.01. The maximum absolute atomic E-state index is 13.3. The van der Waals surface area contributed by atoms with Crippen LogP contribution in [0.1, 0.15) is 12.5 Å². The van der Waals surface area contributed by atoms with Crippen LogP contribution in [0.3, 0.4) is 0 Å². The van der Waals surface area contributed by atoms with Gasteiger partial charge in [-0.05, 0) is 24.3 Å². The zero-order valence-electron chi connectivity index (χ0n) is 12.3. The Labute approximate surface area is 123 Å². The molecule has 2 N–H and O–H groups in total. The van der Waals surface area contributed by atoms with Gasteiger partial charge in [-0.3, -0.25) is 4.79 Å². The Hall–Kier alpha value is -2.37. The minimum Gasteiger partial charge on any atom is -0.478 e. The van der Waals surface area contributed by atoms with Crippen molar-refractivity contribution in [2.45, 2.75) is 6.92 Å². The molecule has 1 atom stereocenters. The lowest BCUT2D eigenvalue weighted by molar-refractivity contribution is -0.131. The molecule has 0 aliphatic carbocycles. The minimum atomic E-state index is -1.11. The zero-order chi connectivity index (χ0) is 16.0. The van der Waals surface area contributed by atoms with E-state index in [0.29, 0.717) is 17.8 Å². The molecule has 0 radical (unpaired) electrons. The standard InChI is InChI=1S/C15H19FN2O3/c1-10(15(21)17-2)9-18(3)13-6-5-12(16)8-11(13)4-7-14(19)20/h4-8,10H,9H2,1-3H3,(H,17,21)(H,19,20)/b7-4+. The summed E-state index contributed by atoms with van der Waals surface area (Å²) in [5.41, 5.74) is 1.11. The molecule has 6 heteroatoms. The van der Waals surface area contributed by atoms with Crippen LogP contribution in [-0.4, -0.2) is 37.6 Å². The van der Waals surface area contributed by atoms with Crippen molar-refractivity contribution in [1.82, 2.24) is 5.32 Å². The van der Waals surface area contributed by atoms with Crippen molar-refractivity contribution in [1.29, 1.82) is 0 Å². The summed E-state index contributed by atoms with van der Waals surface area (Å²) in [6, 6.07) is 4.12. The Bertz CT molecular complexity index is 558. The smallest absolute Gasteiger partial charge is 0.328 e. The highest BCUT2D eigenvalue weighted by atomic mass is 19.1. The monoisotopic (exact) mass is 294 g/mol. The molecule has 1 amide bonds. The molecule has 0 spiro atoms. The van der Waals surface area contributed by atoms with Gasteiger partial charge in [0.05, 0.1) is 5.92 Å². The van der Waals surface area contributed by atoms with Crippen LogP contribution in [0.2, 0.25) is 0 Å². The van der Waals surface area contributed by atoms with Crippen LogP contribution in [0.5, 0.6) is 0 Å². The molecule has 1 rings (SSSR count). The molecule has 1 aromatic rings. The molecular formula is C15H19FN2O3. The van der Waals surface area contributed by atoms with Gasteiger partial charge in [0.1, 0.15) is 5.82 Å². The van der Waals surface area contributed by atoms with Gasteiger partial charge in [0.25, 0.3) is 0 Å². The summed E-state index contributed by atoms with van der Waals surface area (Å²) in [5.74, 6) is -1.89. The van der Waals surface area contributed by atoms with Gasteiger partial charge in [-0.1, -0.05) is 6.92 Å². The number of amides is 1. The molecule has 0 fully saturated rings. The number of aliphatic carboxylic acids is 1. The van der Waals surface area contributed by atoms with Gasteiger partial charge >= 0.3 is 5.97 Å². The van der Waals surface area contributed by atoms with E-state index >= 15 is 0 Å². The molecule has 0 aromatic heterocycles. The first-order valence-corrected chi connectivity index (χ1v) is 6.48.